The van der Waals surface area contributed by atoms with E-state index in [1.165, 1.54) is 11.3 Å². The number of ketones is 2. The number of aromatic nitrogens is 1. The van der Waals surface area contributed by atoms with Crippen molar-refractivity contribution >= 4 is 40.6 Å². The highest BCUT2D eigenvalue weighted by Gasteiger charge is 2.24. The van der Waals surface area contributed by atoms with Crippen molar-refractivity contribution in [1.82, 2.24) is 4.98 Å². The molecule has 0 aliphatic rings. The highest BCUT2D eigenvalue weighted by atomic mass is 32.2. The van der Waals surface area contributed by atoms with Crippen LogP contribution in [0.1, 0.15) is 39.8 Å². The number of carbonyl (C=O) groups is 3. The molecule has 2 aromatic rings. The fourth-order valence-corrected chi connectivity index (χ4v) is 3.48. The first-order valence-electron chi connectivity index (χ1n) is 8.11. The van der Waals surface area contributed by atoms with Crippen LogP contribution in [-0.2, 0) is 14.3 Å². The van der Waals surface area contributed by atoms with Crippen molar-refractivity contribution in [2.75, 3.05) is 12.9 Å². The van der Waals surface area contributed by atoms with Gasteiger partial charge in [0.25, 0.3) is 0 Å². The lowest BCUT2D eigenvalue weighted by Crippen LogP contribution is -2.20. The molecule has 0 fully saturated rings. The standard InChI is InChI=1S/C19H18N2O4S2/c1-12-11-27-19(21-12)15(9-20)17(23)10-25-18(24)8-7-16(22)13-3-5-14(26-2)6-4-13/h3-6,11,15H,7-8,10H2,1-2H3/t15-/m0/s1. The first-order chi connectivity index (χ1) is 12.9. The molecule has 1 aromatic carbocycles. The Hall–Kier alpha value is -2.50. The maximum atomic E-state index is 12.1. The van der Waals surface area contributed by atoms with Crippen molar-refractivity contribution in [3.63, 3.8) is 0 Å². The SMILES string of the molecule is CSc1ccc(C(=O)CCC(=O)OCC(=O)[C@H](C#N)c2nc(C)cs2)cc1. The van der Waals surface area contributed by atoms with Crippen molar-refractivity contribution in [1.29, 1.82) is 5.26 Å². The molecule has 2 rings (SSSR count). The highest BCUT2D eigenvalue weighted by Crippen LogP contribution is 2.21. The van der Waals surface area contributed by atoms with E-state index in [1.54, 1.807) is 36.2 Å². The molecular weight excluding hydrogens is 384 g/mol. The summed E-state index contributed by atoms with van der Waals surface area (Å²) >= 11 is 2.79. The predicted octanol–water partition coefficient (Wildman–Crippen LogP) is 3.56. The summed E-state index contributed by atoms with van der Waals surface area (Å²) in [7, 11) is 0. The lowest BCUT2D eigenvalue weighted by molar-refractivity contribution is -0.148. The Bertz CT molecular complexity index is 869. The van der Waals surface area contributed by atoms with E-state index < -0.39 is 24.3 Å². The molecule has 0 unspecified atom stereocenters. The van der Waals surface area contributed by atoms with Crippen LogP contribution in [0.25, 0.3) is 0 Å². The topological polar surface area (TPSA) is 97.1 Å². The third-order valence-electron chi connectivity index (χ3n) is 3.68. The summed E-state index contributed by atoms with van der Waals surface area (Å²) in [4.78, 5) is 41.2. The second kappa shape index (κ2) is 10.00. The quantitative estimate of drug-likeness (QED) is 0.359. The molecule has 0 saturated carbocycles. The van der Waals surface area contributed by atoms with E-state index in [4.69, 9.17) is 4.74 Å². The summed E-state index contributed by atoms with van der Waals surface area (Å²) in [5.41, 5.74) is 1.25. The zero-order chi connectivity index (χ0) is 19.8. The van der Waals surface area contributed by atoms with E-state index in [1.807, 2.05) is 24.5 Å². The molecule has 1 atom stereocenters. The molecule has 1 aromatic heterocycles. The van der Waals surface area contributed by atoms with Crippen LogP contribution in [0.3, 0.4) is 0 Å². The Morgan fingerprint density at radius 2 is 1.96 bits per heavy atom. The highest BCUT2D eigenvalue weighted by molar-refractivity contribution is 7.98. The molecule has 27 heavy (non-hydrogen) atoms. The van der Waals surface area contributed by atoms with Gasteiger partial charge in [0.1, 0.15) is 5.01 Å². The molecule has 0 aliphatic carbocycles. The first-order valence-corrected chi connectivity index (χ1v) is 10.2. The van der Waals surface area contributed by atoms with Crippen LogP contribution in [0.4, 0.5) is 0 Å². The van der Waals surface area contributed by atoms with Crippen LogP contribution < -0.4 is 0 Å². The molecule has 140 valence electrons. The van der Waals surface area contributed by atoms with E-state index >= 15 is 0 Å². The Morgan fingerprint density at radius 1 is 1.26 bits per heavy atom. The van der Waals surface area contributed by atoms with Crippen molar-refractivity contribution < 1.29 is 19.1 Å². The van der Waals surface area contributed by atoms with Gasteiger partial charge < -0.3 is 4.74 Å². The first kappa shape index (κ1) is 20.8. The number of hydrogen-bond acceptors (Lipinski definition) is 8. The lowest BCUT2D eigenvalue weighted by Gasteiger charge is -2.07. The van der Waals surface area contributed by atoms with Crippen molar-refractivity contribution in [3.8, 4) is 6.07 Å². The van der Waals surface area contributed by atoms with Gasteiger partial charge in [-0.25, -0.2) is 4.98 Å². The zero-order valence-corrected chi connectivity index (χ0v) is 16.6. The predicted molar refractivity (Wildman–Crippen MR) is 103 cm³/mol. The molecule has 0 amide bonds. The number of rotatable bonds is 9. The van der Waals surface area contributed by atoms with Gasteiger partial charge in [-0.1, -0.05) is 12.1 Å². The molecule has 0 aliphatic heterocycles. The Kier molecular flexibility index (Phi) is 7.70. The summed E-state index contributed by atoms with van der Waals surface area (Å²) in [5, 5.41) is 11.3. The lowest BCUT2D eigenvalue weighted by atomic mass is 10.1. The van der Waals surface area contributed by atoms with Crippen LogP contribution in [0, 0.1) is 18.3 Å². The van der Waals surface area contributed by atoms with Gasteiger partial charge in [-0.3, -0.25) is 14.4 Å². The smallest absolute Gasteiger partial charge is 0.306 e. The second-order valence-electron chi connectivity index (χ2n) is 5.67. The molecule has 0 bridgehead atoms. The maximum Gasteiger partial charge on any atom is 0.306 e. The number of hydrogen-bond donors (Lipinski definition) is 0. The number of thioether (sulfide) groups is 1. The number of esters is 1. The Morgan fingerprint density at radius 3 is 2.52 bits per heavy atom. The van der Waals surface area contributed by atoms with Gasteiger partial charge >= 0.3 is 5.97 Å². The minimum absolute atomic E-state index is 0.00100. The number of thiazole rings is 1. The number of nitriles is 1. The van der Waals surface area contributed by atoms with Crippen LogP contribution in [0.2, 0.25) is 0 Å². The van der Waals surface area contributed by atoms with Crippen LogP contribution >= 0.6 is 23.1 Å². The molecule has 0 N–H and O–H groups in total. The molecular formula is C19H18N2O4S2. The summed E-state index contributed by atoms with van der Waals surface area (Å²) < 4.78 is 4.92. The summed E-state index contributed by atoms with van der Waals surface area (Å²) in [6.45, 7) is 1.26. The van der Waals surface area contributed by atoms with Gasteiger partial charge in [0, 0.05) is 28.0 Å². The largest absolute Gasteiger partial charge is 0.458 e. The van der Waals surface area contributed by atoms with E-state index in [-0.39, 0.29) is 18.6 Å². The van der Waals surface area contributed by atoms with Gasteiger partial charge in [-0.15, -0.1) is 23.1 Å². The molecule has 8 heteroatoms. The molecule has 1 heterocycles. The normalized spacial score (nSPS) is 11.4. The maximum absolute atomic E-state index is 12.1. The van der Waals surface area contributed by atoms with Gasteiger partial charge in [-0.2, -0.15) is 5.26 Å². The average molecular weight is 402 g/mol. The second-order valence-corrected chi connectivity index (χ2v) is 7.44. The van der Waals surface area contributed by atoms with Gasteiger partial charge in [0.05, 0.1) is 12.5 Å². The monoisotopic (exact) mass is 402 g/mol. The third-order valence-corrected chi connectivity index (χ3v) is 5.45. The number of carbonyl (C=O) groups excluding carboxylic acids is 3. The fraction of sp³-hybridized carbons (Fsp3) is 0.316. The van der Waals surface area contributed by atoms with Gasteiger partial charge in [0.15, 0.2) is 24.1 Å². The molecule has 0 saturated heterocycles. The summed E-state index contributed by atoms with van der Waals surface area (Å²) in [6, 6.07) is 9.01. The Labute approximate surface area is 165 Å². The fourth-order valence-electron chi connectivity index (χ4n) is 2.21. The minimum atomic E-state index is -1.05. The van der Waals surface area contributed by atoms with Gasteiger partial charge in [-0.05, 0) is 25.3 Å². The van der Waals surface area contributed by atoms with Gasteiger partial charge in [0.2, 0.25) is 0 Å². The number of aryl methyl sites for hydroxylation is 1. The van der Waals surface area contributed by atoms with Crippen LogP contribution in [-0.4, -0.2) is 35.4 Å². The van der Waals surface area contributed by atoms with Crippen LogP contribution in [0.15, 0.2) is 34.5 Å². The van der Waals surface area contributed by atoms with Crippen LogP contribution in [0.5, 0.6) is 0 Å². The van der Waals surface area contributed by atoms with Crippen molar-refractivity contribution in [2.24, 2.45) is 0 Å². The van der Waals surface area contributed by atoms with Crippen molar-refractivity contribution in [3.05, 3.63) is 45.9 Å². The molecule has 0 spiro atoms. The van der Waals surface area contributed by atoms with E-state index in [2.05, 4.69) is 4.98 Å². The Balaban J connectivity index is 1.80. The van der Waals surface area contributed by atoms with E-state index in [9.17, 15) is 19.6 Å². The summed E-state index contributed by atoms with van der Waals surface area (Å²) in [6.07, 6.45) is 1.82. The number of benzene rings is 1. The minimum Gasteiger partial charge on any atom is -0.458 e. The average Bonchev–Trinajstić information content (AvgIpc) is 3.11. The number of Topliss-reactive ketones (excluding diaryl/α,β-unsaturated/α-hetero) is 2. The van der Waals surface area contributed by atoms with Crippen molar-refractivity contribution in [2.45, 2.75) is 30.6 Å². The summed E-state index contributed by atoms with van der Waals surface area (Å²) in [5.74, 6) is -2.39. The van der Waals surface area contributed by atoms with E-state index in [0.29, 0.717) is 10.6 Å². The van der Waals surface area contributed by atoms with E-state index in [0.717, 1.165) is 10.6 Å². The number of ether oxygens (including phenoxy) is 1. The molecule has 6 nitrogen and oxygen atoms in total. The third kappa shape index (κ3) is 6.01. The zero-order valence-electron chi connectivity index (χ0n) is 14.9. The number of nitrogens with zero attached hydrogens (tertiary/aromatic N) is 2. The molecule has 0 radical (unpaired) electrons.